The second-order valence-corrected chi connectivity index (χ2v) is 6.91. The Balaban J connectivity index is 1.40. The Hall–Kier alpha value is -4.14. The largest absolute Gasteiger partial charge is 0.489 e. The van der Waals surface area contributed by atoms with Crippen LogP contribution in [0.4, 0.5) is 4.79 Å². The molecule has 9 nitrogen and oxygen atoms in total. The minimum atomic E-state index is -0.733. The number of nitrogens with one attached hydrogen (secondary N) is 2. The molecule has 3 aromatic rings. The van der Waals surface area contributed by atoms with Gasteiger partial charge in [0.15, 0.2) is 6.61 Å². The molecule has 0 saturated heterocycles. The molecule has 9 heteroatoms. The van der Waals surface area contributed by atoms with E-state index in [0.717, 1.165) is 16.8 Å². The molecule has 0 atom stereocenters. The van der Waals surface area contributed by atoms with Crippen LogP contribution in [0, 0.1) is 13.8 Å². The lowest BCUT2D eigenvalue weighted by Crippen LogP contribution is -2.41. The molecule has 0 aliphatic heterocycles. The zero-order valence-corrected chi connectivity index (χ0v) is 17.7. The fourth-order valence-corrected chi connectivity index (χ4v) is 2.75. The number of hydrogen-bond donors (Lipinski definition) is 2. The Morgan fingerprint density at radius 2 is 1.72 bits per heavy atom. The Morgan fingerprint density at radius 1 is 1.00 bits per heavy atom. The van der Waals surface area contributed by atoms with Gasteiger partial charge in [0.25, 0.3) is 5.91 Å². The van der Waals surface area contributed by atoms with E-state index >= 15 is 0 Å². The van der Waals surface area contributed by atoms with E-state index in [2.05, 4.69) is 15.8 Å². The van der Waals surface area contributed by atoms with Gasteiger partial charge in [-0.15, -0.1) is 0 Å². The molecule has 166 valence electrons. The summed E-state index contributed by atoms with van der Waals surface area (Å²) < 4.78 is 15.7. The van der Waals surface area contributed by atoms with Crippen molar-refractivity contribution in [2.45, 2.75) is 27.0 Å². The molecule has 2 N–H and O–H groups in total. The Bertz CT molecular complexity index is 1060. The zero-order chi connectivity index (χ0) is 22.9. The average molecular weight is 437 g/mol. The van der Waals surface area contributed by atoms with Crippen molar-refractivity contribution in [1.29, 1.82) is 0 Å². The van der Waals surface area contributed by atoms with Crippen molar-refractivity contribution in [3.05, 3.63) is 82.7 Å². The van der Waals surface area contributed by atoms with Crippen molar-refractivity contribution in [1.82, 2.24) is 15.8 Å². The van der Waals surface area contributed by atoms with Crippen LogP contribution in [0.1, 0.15) is 32.9 Å². The Kier molecular flexibility index (Phi) is 7.58. The predicted octanol–water partition coefficient (Wildman–Crippen LogP) is 3.05. The normalized spacial score (nSPS) is 10.3. The topological polar surface area (TPSA) is 120 Å². The molecular formula is C23H23N3O6. The Labute approximate surface area is 184 Å². The summed E-state index contributed by atoms with van der Waals surface area (Å²) in [5, 5.41) is 8.52. The molecule has 0 unspecified atom stereocenters. The van der Waals surface area contributed by atoms with Crippen LogP contribution in [0.5, 0.6) is 5.75 Å². The number of ether oxygens (including phenoxy) is 2. The third kappa shape index (κ3) is 6.43. The number of amides is 3. The molecule has 0 aliphatic carbocycles. The van der Waals surface area contributed by atoms with Gasteiger partial charge >= 0.3 is 12.0 Å². The van der Waals surface area contributed by atoms with Crippen LogP contribution in [0.3, 0.4) is 0 Å². The summed E-state index contributed by atoms with van der Waals surface area (Å²) in [6.45, 7) is 3.61. The number of aromatic nitrogens is 1. The van der Waals surface area contributed by atoms with Gasteiger partial charge in [0, 0.05) is 6.54 Å². The summed E-state index contributed by atoms with van der Waals surface area (Å²) in [6.07, 6.45) is 0. The minimum Gasteiger partial charge on any atom is -0.489 e. The van der Waals surface area contributed by atoms with Gasteiger partial charge in [-0.2, -0.15) is 0 Å². The maximum Gasteiger partial charge on any atom is 0.338 e. The molecule has 0 bridgehead atoms. The third-order valence-electron chi connectivity index (χ3n) is 4.54. The Morgan fingerprint density at radius 3 is 2.38 bits per heavy atom. The van der Waals surface area contributed by atoms with Crippen molar-refractivity contribution >= 4 is 17.9 Å². The van der Waals surface area contributed by atoms with E-state index in [-0.39, 0.29) is 18.7 Å². The second-order valence-electron chi connectivity index (χ2n) is 6.91. The molecule has 1 aromatic heterocycles. The summed E-state index contributed by atoms with van der Waals surface area (Å²) in [5.74, 6) is -0.186. The van der Waals surface area contributed by atoms with Crippen molar-refractivity contribution in [3.63, 3.8) is 0 Å². The summed E-state index contributed by atoms with van der Waals surface area (Å²) in [7, 11) is 0. The minimum absolute atomic E-state index is 0.246. The van der Waals surface area contributed by atoms with Gasteiger partial charge in [0.1, 0.15) is 18.1 Å². The summed E-state index contributed by atoms with van der Waals surface area (Å²) in [4.78, 5) is 35.7. The number of imide groups is 1. The number of esters is 1. The number of aryl methyl sites for hydroxylation is 2. The van der Waals surface area contributed by atoms with E-state index in [1.807, 2.05) is 37.3 Å². The van der Waals surface area contributed by atoms with E-state index in [4.69, 9.17) is 14.0 Å². The first-order valence-corrected chi connectivity index (χ1v) is 9.85. The van der Waals surface area contributed by atoms with E-state index in [9.17, 15) is 14.4 Å². The average Bonchev–Trinajstić information content (AvgIpc) is 3.13. The molecule has 3 rings (SSSR count). The highest BCUT2D eigenvalue weighted by molar-refractivity contribution is 5.97. The lowest BCUT2D eigenvalue weighted by atomic mass is 10.2. The molecular weight excluding hydrogens is 414 g/mol. The van der Waals surface area contributed by atoms with Crippen molar-refractivity contribution in [3.8, 4) is 5.75 Å². The van der Waals surface area contributed by atoms with Crippen LogP contribution in [-0.2, 0) is 22.7 Å². The number of urea groups is 1. The van der Waals surface area contributed by atoms with E-state index in [0.29, 0.717) is 11.5 Å². The van der Waals surface area contributed by atoms with Crippen molar-refractivity contribution in [2.24, 2.45) is 0 Å². The smallest absolute Gasteiger partial charge is 0.338 e. The number of nitrogens with zero attached hydrogens (tertiary/aromatic N) is 1. The molecule has 1 heterocycles. The predicted molar refractivity (Wildman–Crippen MR) is 114 cm³/mol. The van der Waals surface area contributed by atoms with Crippen LogP contribution < -0.4 is 15.4 Å². The number of carbonyl (C=O) groups excluding carboxylic acids is 3. The monoisotopic (exact) mass is 437 g/mol. The first-order valence-electron chi connectivity index (χ1n) is 9.85. The molecule has 2 aromatic carbocycles. The van der Waals surface area contributed by atoms with Crippen LogP contribution in [0.2, 0.25) is 0 Å². The van der Waals surface area contributed by atoms with Crippen molar-refractivity contribution in [2.75, 3.05) is 6.61 Å². The van der Waals surface area contributed by atoms with Crippen LogP contribution >= 0.6 is 0 Å². The van der Waals surface area contributed by atoms with E-state index < -0.39 is 24.5 Å². The van der Waals surface area contributed by atoms with Gasteiger partial charge in [0.05, 0.1) is 16.8 Å². The molecule has 3 amide bonds. The zero-order valence-electron chi connectivity index (χ0n) is 17.7. The number of hydrogen-bond acceptors (Lipinski definition) is 7. The molecule has 32 heavy (non-hydrogen) atoms. The molecule has 0 spiro atoms. The maximum atomic E-state index is 12.1. The summed E-state index contributed by atoms with van der Waals surface area (Å²) in [5.41, 5.74) is 2.76. The fraction of sp³-hybridized carbons (Fsp3) is 0.217. The standard InChI is InChI=1S/C23H23N3O6/c1-15-20(16(2)32-26-15)13-30-19-10-8-18(9-11-19)22(28)31-14-21(27)25-23(29)24-12-17-6-4-3-5-7-17/h3-11H,12-14H2,1-2H3,(H2,24,25,27,29). The van der Waals surface area contributed by atoms with E-state index in [1.165, 1.54) is 12.1 Å². The van der Waals surface area contributed by atoms with Gasteiger partial charge in [-0.05, 0) is 43.7 Å². The maximum absolute atomic E-state index is 12.1. The molecule has 0 fully saturated rings. The quantitative estimate of drug-likeness (QED) is 0.520. The first kappa shape index (κ1) is 22.5. The van der Waals surface area contributed by atoms with Crippen LogP contribution in [-0.4, -0.2) is 29.7 Å². The van der Waals surface area contributed by atoms with Crippen LogP contribution in [0.25, 0.3) is 0 Å². The number of rotatable bonds is 8. The number of carbonyl (C=O) groups is 3. The molecule has 0 saturated carbocycles. The van der Waals surface area contributed by atoms with Gasteiger partial charge in [-0.3, -0.25) is 10.1 Å². The second kappa shape index (κ2) is 10.8. The summed E-state index contributed by atoms with van der Waals surface area (Å²) >= 11 is 0. The highest BCUT2D eigenvalue weighted by Crippen LogP contribution is 2.18. The van der Waals surface area contributed by atoms with Gasteiger partial charge in [-0.1, -0.05) is 35.5 Å². The van der Waals surface area contributed by atoms with Gasteiger partial charge in [0.2, 0.25) is 0 Å². The third-order valence-corrected chi connectivity index (χ3v) is 4.54. The van der Waals surface area contributed by atoms with Gasteiger partial charge in [-0.25, -0.2) is 9.59 Å². The highest BCUT2D eigenvalue weighted by atomic mass is 16.5. The molecule has 0 aliphatic rings. The first-order chi connectivity index (χ1) is 15.4. The van der Waals surface area contributed by atoms with E-state index in [1.54, 1.807) is 19.1 Å². The van der Waals surface area contributed by atoms with Crippen LogP contribution in [0.15, 0.2) is 59.1 Å². The highest BCUT2D eigenvalue weighted by Gasteiger charge is 2.13. The van der Waals surface area contributed by atoms with Crippen molar-refractivity contribution < 1.29 is 28.4 Å². The lowest BCUT2D eigenvalue weighted by molar-refractivity contribution is -0.123. The molecule has 0 radical (unpaired) electrons. The number of benzene rings is 2. The van der Waals surface area contributed by atoms with Gasteiger partial charge < -0.3 is 19.3 Å². The SMILES string of the molecule is Cc1noc(C)c1COc1ccc(C(=O)OCC(=O)NC(=O)NCc2ccccc2)cc1. The fourth-order valence-electron chi connectivity index (χ4n) is 2.75. The summed E-state index contributed by atoms with van der Waals surface area (Å²) in [6, 6.07) is 14.8. The lowest BCUT2D eigenvalue weighted by Gasteiger charge is -2.09.